The first-order valence-electron chi connectivity index (χ1n) is 6.93. The van der Waals surface area contributed by atoms with Crippen LogP contribution >= 0.6 is 0 Å². The predicted molar refractivity (Wildman–Crippen MR) is 80.5 cm³/mol. The molecule has 0 aliphatic rings. The molecule has 0 spiro atoms. The highest BCUT2D eigenvalue weighted by Gasteiger charge is 2.40. The zero-order valence-corrected chi connectivity index (χ0v) is 14.8. The molecule has 0 saturated carbocycles. The van der Waals surface area contributed by atoms with Gasteiger partial charge in [0.2, 0.25) is 0 Å². The summed E-state index contributed by atoms with van der Waals surface area (Å²) in [6.45, 7) is 18.8. The van der Waals surface area contributed by atoms with Gasteiger partial charge in [-0.2, -0.15) is 0 Å². The van der Waals surface area contributed by atoms with Crippen molar-refractivity contribution >= 4 is 17.1 Å². The Hall–Kier alpha value is 0.394. The van der Waals surface area contributed by atoms with Gasteiger partial charge in [-0.05, 0) is 32.0 Å². The summed E-state index contributed by atoms with van der Waals surface area (Å²) < 4.78 is 6.68. The van der Waals surface area contributed by atoms with E-state index in [1.54, 1.807) is 0 Å². The molecular formula is C13H32OSi2. The highest BCUT2D eigenvalue weighted by molar-refractivity contribution is 6.75. The Morgan fingerprint density at radius 3 is 2.06 bits per heavy atom. The minimum atomic E-state index is -1.51. The molecule has 1 nitrogen and oxygen atoms in total. The number of hydrogen-bond acceptors (Lipinski definition) is 1. The van der Waals surface area contributed by atoms with Gasteiger partial charge in [-0.3, -0.25) is 0 Å². The summed E-state index contributed by atoms with van der Waals surface area (Å²) in [5.74, 6) is 0. The topological polar surface area (TPSA) is 9.23 Å². The van der Waals surface area contributed by atoms with Crippen LogP contribution in [0.2, 0.25) is 30.7 Å². The quantitative estimate of drug-likeness (QED) is 0.608. The second kappa shape index (κ2) is 6.36. The van der Waals surface area contributed by atoms with E-state index >= 15 is 0 Å². The van der Waals surface area contributed by atoms with Gasteiger partial charge in [0.25, 0.3) is 0 Å². The molecule has 0 amide bonds. The van der Waals surface area contributed by atoms with Crippen molar-refractivity contribution < 1.29 is 4.43 Å². The van der Waals surface area contributed by atoms with Gasteiger partial charge in [0.15, 0.2) is 8.32 Å². The molecule has 0 aliphatic carbocycles. The summed E-state index contributed by atoms with van der Waals surface area (Å²) in [6, 6.07) is 2.58. The van der Waals surface area contributed by atoms with E-state index in [0.717, 1.165) is 5.54 Å². The van der Waals surface area contributed by atoms with Crippen molar-refractivity contribution in [3.8, 4) is 0 Å². The van der Waals surface area contributed by atoms with Crippen LogP contribution < -0.4 is 0 Å². The van der Waals surface area contributed by atoms with Crippen LogP contribution in [0.1, 0.15) is 48.0 Å². The van der Waals surface area contributed by atoms with E-state index in [0.29, 0.717) is 0 Å². The van der Waals surface area contributed by atoms with Crippen LogP contribution in [-0.2, 0) is 4.43 Å². The standard InChI is InChI=1S/C13H32OSi2/c1-9-12(4)16(8,11-3)14-13(5,6)15(7)10-2/h12,15H,9-11H2,1-8H3. The van der Waals surface area contributed by atoms with Crippen LogP contribution in [-0.4, -0.2) is 22.3 Å². The van der Waals surface area contributed by atoms with E-state index < -0.39 is 17.1 Å². The smallest absolute Gasteiger partial charge is 0.192 e. The molecule has 0 N–H and O–H groups in total. The molecule has 0 radical (unpaired) electrons. The van der Waals surface area contributed by atoms with Crippen molar-refractivity contribution in [1.29, 1.82) is 0 Å². The van der Waals surface area contributed by atoms with Crippen LogP contribution in [0.4, 0.5) is 0 Å². The lowest BCUT2D eigenvalue weighted by Crippen LogP contribution is -2.51. The molecule has 0 rings (SSSR count). The normalized spacial score (nSPS) is 20.2. The molecule has 0 heterocycles. The van der Waals surface area contributed by atoms with E-state index in [9.17, 15) is 0 Å². The molecule has 0 saturated heterocycles. The van der Waals surface area contributed by atoms with Crippen LogP contribution in [0.3, 0.4) is 0 Å². The average Bonchev–Trinajstić information content (AvgIpc) is 2.25. The summed E-state index contributed by atoms with van der Waals surface area (Å²) in [5, 5.41) is 0.176. The molecule has 3 atom stereocenters. The van der Waals surface area contributed by atoms with Crippen LogP contribution in [0.5, 0.6) is 0 Å². The lowest BCUT2D eigenvalue weighted by molar-refractivity contribution is 0.171. The predicted octanol–water partition coefficient (Wildman–Crippen LogP) is 4.59. The van der Waals surface area contributed by atoms with E-state index in [-0.39, 0.29) is 5.22 Å². The highest BCUT2D eigenvalue weighted by Crippen LogP contribution is 2.34. The molecule has 3 unspecified atom stereocenters. The lowest BCUT2D eigenvalue weighted by atomic mass is 10.4. The Bertz CT molecular complexity index is 206. The molecule has 0 fully saturated rings. The first kappa shape index (κ1) is 16.4. The Labute approximate surface area is 106 Å². The van der Waals surface area contributed by atoms with Gasteiger partial charge in [0, 0.05) is 5.22 Å². The molecule has 3 heteroatoms. The van der Waals surface area contributed by atoms with Gasteiger partial charge in [-0.1, -0.05) is 46.7 Å². The van der Waals surface area contributed by atoms with Gasteiger partial charge < -0.3 is 4.43 Å². The van der Waals surface area contributed by atoms with E-state index in [1.165, 1.54) is 18.5 Å². The van der Waals surface area contributed by atoms with Crippen LogP contribution in [0.15, 0.2) is 0 Å². The minimum Gasteiger partial charge on any atom is -0.415 e. The van der Waals surface area contributed by atoms with E-state index in [4.69, 9.17) is 4.43 Å². The largest absolute Gasteiger partial charge is 0.415 e. The van der Waals surface area contributed by atoms with Crippen molar-refractivity contribution in [2.24, 2.45) is 0 Å². The fraction of sp³-hybridized carbons (Fsp3) is 1.00. The van der Waals surface area contributed by atoms with Crippen LogP contribution in [0, 0.1) is 0 Å². The number of rotatable bonds is 7. The lowest BCUT2D eigenvalue weighted by Gasteiger charge is -2.42. The Morgan fingerprint density at radius 1 is 1.25 bits per heavy atom. The third-order valence-electron chi connectivity index (χ3n) is 4.65. The van der Waals surface area contributed by atoms with Gasteiger partial charge in [0.05, 0.1) is 8.80 Å². The average molecular weight is 261 g/mol. The zero-order chi connectivity index (χ0) is 13.0. The van der Waals surface area contributed by atoms with Gasteiger partial charge in [-0.25, -0.2) is 0 Å². The Morgan fingerprint density at radius 2 is 1.75 bits per heavy atom. The summed E-state index contributed by atoms with van der Waals surface area (Å²) in [4.78, 5) is 0. The highest BCUT2D eigenvalue weighted by atomic mass is 28.4. The first-order chi connectivity index (χ1) is 7.23. The maximum Gasteiger partial charge on any atom is 0.192 e. The maximum absolute atomic E-state index is 6.68. The molecule has 16 heavy (non-hydrogen) atoms. The van der Waals surface area contributed by atoms with E-state index in [1.807, 2.05) is 0 Å². The monoisotopic (exact) mass is 260 g/mol. The Balaban J connectivity index is 4.76. The second-order valence-electron chi connectivity index (χ2n) is 5.99. The Kier molecular flexibility index (Phi) is 6.52. The molecular weight excluding hydrogens is 228 g/mol. The summed E-state index contributed by atoms with van der Waals surface area (Å²) in [6.07, 6.45) is 1.26. The van der Waals surface area contributed by atoms with Crippen molar-refractivity contribution in [2.75, 3.05) is 0 Å². The first-order valence-corrected chi connectivity index (χ1v) is 12.2. The van der Waals surface area contributed by atoms with Crippen molar-refractivity contribution in [1.82, 2.24) is 0 Å². The molecule has 0 aromatic heterocycles. The van der Waals surface area contributed by atoms with Gasteiger partial charge >= 0.3 is 0 Å². The molecule has 0 aromatic carbocycles. The van der Waals surface area contributed by atoms with Crippen molar-refractivity contribution in [3.63, 3.8) is 0 Å². The SMILES string of the molecule is CCC(C)[Si](C)(CC)OC(C)(C)[SiH](C)CC. The fourth-order valence-electron chi connectivity index (χ4n) is 2.15. The fourth-order valence-corrected chi connectivity index (χ4v) is 7.85. The summed E-state index contributed by atoms with van der Waals surface area (Å²) >= 11 is 0. The third-order valence-corrected chi connectivity index (χ3v) is 13.5. The minimum absolute atomic E-state index is 0.176. The third kappa shape index (κ3) is 4.00. The van der Waals surface area contributed by atoms with Gasteiger partial charge in [0.1, 0.15) is 0 Å². The van der Waals surface area contributed by atoms with Crippen molar-refractivity contribution in [2.45, 2.75) is 83.9 Å². The summed E-state index contributed by atoms with van der Waals surface area (Å²) in [7, 11) is -2.25. The maximum atomic E-state index is 6.68. The van der Waals surface area contributed by atoms with Crippen LogP contribution in [0.25, 0.3) is 0 Å². The zero-order valence-electron chi connectivity index (χ0n) is 12.7. The second-order valence-corrected chi connectivity index (χ2v) is 14.5. The van der Waals surface area contributed by atoms with E-state index in [2.05, 4.69) is 54.6 Å². The van der Waals surface area contributed by atoms with Crippen molar-refractivity contribution in [3.05, 3.63) is 0 Å². The number of hydrogen-bond donors (Lipinski definition) is 0. The van der Waals surface area contributed by atoms with Gasteiger partial charge in [-0.15, -0.1) is 0 Å². The molecule has 0 aromatic rings. The summed E-state index contributed by atoms with van der Waals surface area (Å²) in [5.41, 5.74) is 0.773. The molecule has 98 valence electrons. The molecule has 0 aliphatic heterocycles. The molecule has 0 bridgehead atoms.